The highest BCUT2D eigenvalue weighted by molar-refractivity contribution is 5.93. The zero-order valence-electron chi connectivity index (χ0n) is 16.6. The standard InChI is InChI=1S/C21H25F3N4O2/c22-21(23,24)16-30-19-7-6-18(14-26-19)20(29)25-8-9-27-10-12-28(13-11-27)15-17-4-2-1-3-5-17/h1-7,14H,8-13,15-16H2,(H,25,29). The molecule has 0 spiro atoms. The monoisotopic (exact) mass is 422 g/mol. The lowest BCUT2D eigenvalue weighted by molar-refractivity contribution is -0.154. The van der Waals surface area contributed by atoms with Crippen LogP contribution in [0.5, 0.6) is 5.88 Å². The molecule has 0 aliphatic carbocycles. The Kier molecular flexibility index (Phi) is 7.64. The van der Waals surface area contributed by atoms with E-state index in [2.05, 4.69) is 37.0 Å². The van der Waals surface area contributed by atoms with E-state index in [9.17, 15) is 18.0 Å². The quantitative estimate of drug-likeness (QED) is 0.709. The highest BCUT2D eigenvalue weighted by atomic mass is 19.4. The first-order valence-corrected chi connectivity index (χ1v) is 9.81. The number of rotatable bonds is 8. The third kappa shape index (κ3) is 7.31. The predicted molar refractivity (Wildman–Crippen MR) is 106 cm³/mol. The van der Waals surface area contributed by atoms with Crippen LogP contribution in [-0.4, -0.2) is 72.7 Å². The van der Waals surface area contributed by atoms with E-state index < -0.39 is 12.8 Å². The molecule has 6 nitrogen and oxygen atoms in total. The minimum Gasteiger partial charge on any atom is -0.468 e. The number of ether oxygens (including phenoxy) is 1. The molecule has 1 amide bonds. The normalized spacial score (nSPS) is 15.7. The number of pyridine rings is 1. The largest absolute Gasteiger partial charge is 0.468 e. The van der Waals surface area contributed by atoms with E-state index in [4.69, 9.17) is 0 Å². The van der Waals surface area contributed by atoms with Crippen molar-refractivity contribution < 1.29 is 22.7 Å². The van der Waals surface area contributed by atoms with Crippen molar-refractivity contribution in [3.05, 3.63) is 59.8 Å². The van der Waals surface area contributed by atoms with Crippen LogP contribution < -0.4 is 10.1 Å². The van der Waals surface area contributed by atoms with Gasteiger partial charge in [-0.2, -0.15) is 13.2 Å². The predicted octanol–water partition coefficient (Wildman–Crippen LogP) is 2.57. The summed E-state index contributed by atoms with van der Waals surface area (Å²) in [5.41, 5.74) is 1.59. The number of alkyl halides is 3. The van der Waals surface area contributed by atoms with Crippen molar-refractivity contribution in [3.63, 3.8) is 0 Å². The van der Waals surface area contributed by atoms with Crippen LogP contribution in [0, 0.1) is 0 Å². The molecule has 2 aromatic rings. The molecule has 1 N–H and O–H groups in total. The number of benzene rings is 1. The Hall–Kier alpha value is -2.65. The summed E-state index contributed by atoms with van der Waals surface area (Å²) in [6, 6.07) is 13.0. The molecule has 30 heavy (non-hydrogen) atoms. The highest BCUT2D eigenvalue weighted by Crippen LogP contribution is 2.17. The van der Waals surface area contributed by atoms with E-state index in [1.54, 1.807) is 0 Å². The van der Waals surface area contributed by atoms with Gasteiger partial charge in [-0.15, -0.1) is 0 Å². The topological polar surface area (TPSA) is 57.7 Å². The zero-order chi connectivity index (χ0) is 21.4. The smallest absolute Gasteiger partial charge is 0.422 e. The van der Waals surface area contributed by atoms with Crippen molar-refractivity contribution in [1.29, 1.82) is 0 Å². The number of halogens is 3. The molecule has 1 saturated heterocycles. The maximum absolute atomic E-state index is 12.2. The first-order chi connectivity index (χ1) is 14.4. The van der Waals surface area contributed by atoms with E-state index in [-0.39, 0.29) is 17.4 Å². The molecule has 0 bridgehead atoms. The summed E-state index contributed by atoms with van der Waals surface area (Å²) < 4.78 is 40.9. The maximum atomic E-state index is 12.2. The number of hydrogen-bond acceptors (Lipinski definition) is 5. The van der Waals surface area contributed by atoms with E-state index in [1.807, 2.05) is 18.2 Å². The number of nitrogens with one attached hydrogen (secondary N) is 1. The number of carbonyl (C=O) groups is 1. The Morgan fingerprint density at radius 2 is 1.73 bits per heavy atom. The third-order valence-electron chi connectivity index (χ3n) is 4.81. The minimum atomic E-state index is -4.43. The SMILES string of the molecule is O=C(NCCN1CCN(Cc2ccccc2)CC1)c1ccc(OCC(F)(F)F)nc1. The van der Waals surface area contributed by atoms with Crippen molar-refractivity contribution in [2.45, 2.75) is 12.7 Å². The van der Waals surface area contributed by atoms with Gasteiger partial charge in [-0.25, -0.2) is 4.98 Å². The fourth-order valence-electron chi connectivity index (χ4n) is 3.20. The summed E-state index contributed by atoms with van der Waals surface area (Å²) >= 11 is 0. The summed E-state index contributed by atoms with van der Waals surface area (Å²) in [5, 5.41) is 2.82. The van der Waals surface area contributed by atoms with Crippen molar-refractivity contribution in [2.24, 2.45) is 0 Å². The molecule has 0 radical (unpaired) electrons. The minimum absolute atomic E-state index is 0.169. The average Bonchev–Trinajstić information content (AvgIpc) is 2.74. The summed E-state index contributed by atoms with van der Waals surface area (Å²) in [5.74, 6) is -0.482. The van der Waals surface area contributed by atoms with Crippen LogP contribution in [0.4, 0.5) is 13.2 Å². The molecule has 1 aliphatic heterocycles. The van der Waals surface area contributed by atoms with Crippen LogP contribution >= 0.6 is 0 Å². The number of hydrogen-bond donors (Lipinski definition) is 1. The summed E-state index contributed by atoms with van der Waals surface area (Å²) in [4.78, 5) is 20.6. The second-order valence-electron chi connectivity index (χ2n) is 7.15. The number of piperazine rings is 1. The lowest BCUT2D eigenvalue weighted by Gasteiger charge is -2.34. The van der Waals surface area contributed by atoms with E-state index in [0.717, 1.165) is 39.3 Å². The van der Waals surface area contributed by atoms with Crippen LogP contribution in [-0.2, 0) is 6.54 Å². The first-order valence-electron chi connectivity index (χ1n) is 9.81. The molecule has 0 unspecified atom stereocenters. The number of nitrogens with zero attached hydrogens (tertiary/aromatic N) is 3. The maximum Gasteiger partial charge on any atom is 0.422 e. The van der Waals surface area contributed by atoms with Crippen LogP contribution in [0.2, 0.25) is 0 Å². The Bertz CT molecular complexity index is 792. The summed E-state index contributed by atoms with van der Waals surface area (Å²) in [6.45, 7) is 4.60. The van der Waals surface area contributed by atoms with Crippen molar-refractivity contribution in [1.82, 2.24) is 20.1 Å². The Labute approximate surface area is 173 Å². The fourth-order valence-corrected chi connectivity index (χ4v) is 3.20. The van der Waals surface area contributed by atoms with Gasteiger partial charge in [0, 0.05) is 58.1 Å². The van der Waals surface area contributed by atoms with Gasteiger partial charge in [-0.3, -0.25) is 14.6 Å². The molecule has 9 heteroatoms. The highest BCUT2D eigenvalue weighted by Gasteiger charge is 2.28. The second kappa shape index (κ2) is 10.4. The number of carbonyl (C=O) groups excluding carboxylic acids is 1. The lowest BCUT2D eigenvalue weighted by Crippen LogP contribution is -2.48. The van der Waals surface area contributed by atoms with Gasteiger partial charge in [0.25, 0.3) is 5.91 Å². The first kappa shape index (κ1) is 22.0. The molecular formula is C21H25F3N4O2. The molecule has 1 aliphatic rings. The van der Waals surface area contributed by atoms with Crippen LogP contribution in [0.15, 0.2) is 48.7 Å². The van der Waals surface area contributed by atoms with Crippen LogP contribution in [0.1, 0.15) is 15.9 Å². The molecule has 1 aromatic carbocycles. The van der Waals surface area contributed by atoms with E-state index >= 15 is 0 Å². The Morgan fingerprint density at radius 1 is 1.03 bits per heavy atom. The van der Waals surface area contributed by atoms with Gasteiger partial charge in [0.1, 0.15) is 0 Å². The average molecular weight is 422 g/mol. The Morgan fingerprint density at radius 3 is 2.37 bits per heavy atom. The van der Waals surface area contributed by atoms with Gasteiger partial charge in [0.2, 0.25) is 5.88 Å². The fraction of sp³-hybridized carbons (Fsp3) is 0.429. The van der Waals surface area contributed by atoms with Crippen molar-refractivity contribution in [3.8, 4) is 5.88 Å². The molecule has 162 valence electrons. The molecule has 3 rings (SSSR count). The van der Waals surface area contributed by atoms with E-state index in [1.165, 1.54) is 23.9 Å². The molecule has 2 heterocycles. The third-order valence-corrected chi connectivity index (χ3v) is 4.81. The van der Waals surface area contributed by atoms with Crippen molar-refractivity contribution in [2.75, 3.05) is 45.9 Å². The molecule has 0 saturated carbocycles. The van der Waals surface area contributed by atoms with Gasteiger partial charge in [-0.1, -0.05) is 30.3 Å². The molecule has 0 atom stereocenters. The Balaban J connectivity index is 1.34. The van der Waals surface area contributed by atoms with Crippen LogP contribution in [0.25, 0.3) is 0 Å². The molecular weight excluding hydrogens is 397 g/mol. The number of amides is 1. The number of aromatic nitrogens is 1. The van der Waals surface area contributed by atoms with Gasteiger partial charge >= 0.3 is 6.18 Å². The van der Waals surface area contributed by atoms with Gasteiger partial charge in [-0.05, 0) is 11.6 Å². The lowest BCUT2D eigenvalue weighted by atomic mass is 10.2. The summed E-state index contributed by atoms with van der Waals surface area (Å²) in [7, 11) is 0. The van der Waals surface area contributed by atoms with Crippen molar-refractivity contribution >= 4 is 5.91 Å². The van der Waals surface area contributed by atoms with Crippen LogP contribution in [0.3, 0.4) is 0 Å². The van der Waals surface area contributed by atoms with Gasteiger partial charge < -0.3 is 10.1 Å². The molecule has 1 aromatic heterocycles. The van der Waals surface area contributed by atoms with E-state index in [0.29, 0.717) is 6.54 Å². The second-order valence-corrected chi connectivity index (χ2v) is 7.15. The summed E-state index contributed by atoms with van der Waals surface area (Å²) in [6.07, 6.45) is -3.21. The van der Waals surface area contributed by atoms with Gasteiger partial charge in [0.15, 0.2) is 6.61 Å². The molecule has 1 fully saturated rings. The zero-order valence-corrected chi connectivity index (χ0v) is 16.6. The van der Waals surface area contributed by atoms with Gasteiger partial charge in [0.05, 0.1) is 5.56 Å².